The van der Waals surface area contributed by atoms with Crippen molar-refractivity contribution in [1.29, 1.82) is 0 Å². The molecule has 5 heteroatoms. The van der Waals surface area contributed by atoms with Gasteiger partial charge in [-0.25, -0.2) is 13.2 Å². The van der Waals surface area contributed by atoms with Crippen molar-refractivity contribution >= 4 is 5.78 Å². The van der Waals surface area contributed by atoms with Crippen molar-refractivity contribution in [3.05, 3.63) is 35.1 Å². The number of carbonyl (C=O) groups excluding carboxylic acids is 1. The highest BCUT2D eigenvalue weighted by atomic mass is 19.2. The Morgan fingerprint density at radius 3 is 2.21 bits per heavy atom. The van der Waals surface area contributed by atoms with E-state index < -0.39 is 28.8 Å². The summed E-state index contributed by atoms with van der Waals surface area (Å²) < 4.78 is 39.9. The Balaban J connectivity index is 2.47. The maximum atomic E-state index is 13.7. The van der Waals surface area contributed by atoms with Crippen LogP contribution >= 0.6 is 0 Å². The zero-order valence-electron chi connectivity index (χ0n) is 11.0. The lowest BCUT2D eigenvalue weighted by molar-refractivity contribution is 0.0687. The fraction of sp³-hybridized carbons (Fsp3) is 0.500. The molecule has 2 nitrogen and oxygen atoms in total. The van der Waals surface area contributed by atoms with E-state index in [4.69, 9.17) is 0 Å². The first kappa shape index (κ1) is 14.1. The van der Waals surface area contributed by atoms with Crippen LogP contribution in [0.3, 0.4) is 0 Å². The van der Waals surface area contributed by atoms with Gasteiger partial charge in [0.05, 0.1) is 11.1 Å². The quantitative estimate of drug-likeness (QED) is 0.621. The predicted molar refractivity (Wildman–Crippen MR) is 65.5 cm³/mol. The molecule has 0 atom stereocenters. The zero-order chi connectivity index (χ0) is 14.2. The van der Waals surface area contributed by atoms with Crippen LogP contribution in [0.15, 0.2) is 12.1 Å². The Bertz CT molecular complexity index is 508. The highest BCUT2D eigenvalue weighted by Crippen LogP contribution is 2.37. The molecule has 1 aliphatic rings. The lowest BCUT2D eigenvalue weighted by Crippen LogP contribution is -2.49. The van der Waals surface area contributed by atoms with Crippen LogP contribution in [0.4, 0.5) is 13.2 Å². The number of halogens is 3. The monoisotopic (exact) mass is 271 g/mol. The lowest BCUT2D eigenvalue weighted by Gasteiger charge is -2.34. The van der Waals surface area contributed by atoms with Crippen molar-refractivity contribution in [3.63, 3.8) is 0 Å². The molecular weight excluding hydrogens is 255 g/mol. The first-order valence-corrected chi connectivity index (χ1v) is 6.26. The first-order valence-electron chi connectivity index (χ1n) is 6.26. The predicted octanol–water partition coefficient (Wildman–Crippen LogP) is 3.16. The number of ketones is 1. The van der Waals surface area contributed by atoms with Crippen LogP contribution in [0.2, 0.25) is 0 Å². The topological polar surface area (TPSA) is 20.3 Å². The molecule has 0 saturated heterocycles. The highest BCUT2D eigenvalue weighted by Gasteiger charge is 2.44. The summed E-state index contributed by atoms with van der Waals surface area (Å²) in [6, 6.07) is 1.82. The van der Waals surface area contributed by atoms with Crippen LogP contribution in [0, 0.1) is 17.5 Å². The molecule has 1 saturated carbocycles. The summed E-state index contributed by atoms with van der Waals surface area (Å²) in [5.41, 5.74) is -1.17. The molecule has 0 unspecified atom stereocenters. The molecule has 19 heavy (non-hydrogen) atoms. The Kier molecular flexibility index (Phi) is 3.67. The van der Waals surface area contributed by atoms with Crippen LogP contribution in [0.25, 0.3) is 0 Å². The molecule has 104 valence electrons. The van der Waals surface area contributed by atoms with Gasteiger partial charge in [-0.15, -0.1) is 0 Å². The molecule has 1 aromatic rings. The molecule has 0 amide bonds. The van der Waals surface area contributed by atoms with E-state index in [9.17, 15) is 18.0 Å². The average Bonchev–Trinajstić information content (AvgIpc) is 2.86. The Labute approximate surface area is 110 Å². The summed E-state index contributed by atoms with van der Waals surface area (Å²) in [4.78, 5) is 14.3. The summed E-state index contributed by atoms with van der Waals surface area (Å²) in [5.74, 6) is -4.72. The number of carbonyl (C=O) groups is 1. The minimum atomic E-state index is -1.59. The Morgan fingerprint density at radius 1 is 1.11 bits per heavy atom. The van der Waals surface area contributed by atoms with Crippen molar-refractivity contribution in [1.82, 2.24) is 4.90 Å². The summed E-state index contributed by atoms with van der Waals surface area (Å²) in [7, 11) is 3.50. The van der Waals surface area contributed by atoms with Gasteiger partial charge in [-0.3, -0.25) is 9.69 Å². The maximum absolute atomic E-state index is 13.7. The SMILES string of the molecule is CN(C)C1(C(=O)c2ccc(F)c(F)c2F)CCCC1. The third-order valence-electron chi connectivity index (χ3n) is 3.99. The van der Waals surface area contributed by atoms with Gasteiger partial charge in [0.25, 0.3) is 0 Å². The van der Waals surface area contributed by atoms with Crippen molar-refractivity contribution in [2.75, 3.05) is 14.1 Å². The van der Waals surface area contributed by atoms with Crippen molar-refractivity contribution in [3.8, 4) is 0 Å². The van der Waals surface area contributed by atoms with Crippen LogP contribution in [0.5, 0.6) is 0 Å². The van der Waals surface area contributed by atoms with Gasteiger partial charge in [0.1, 0.15) is 0 Å². The smallest absolute Gasteiger partial charge is 0.195 e. The molecule has 0 spiro atoms. The van der Waals surface area contributed by atoms with Gasteiger partial charge in [0, 0.05) is 0 Å². The normalized spacial score (nSPS) is 18.0. The van der Waals surface area contributed by atoms with E-state index in [0.717, 1.165) is 25.0 Å². The summed E-state index contributed by atoms with van der Waals surface area (Å²) in [5, 5.41) is 0. The molecule has 0 radical (unpaired) electrons. The minimum absolute atomic E-state index is 0.366. The first-order chi connectivity index (χ1) is 8.90. The van der Waals surface area contributed by atoms with E-state index in [2.05, 4.69) is 0 Å². The summed E-state index contributed by atoms with van der Waals surface area (Å²) >= 11 is 0. The summed E-state index contributed by atoms with van der Waals surface area (Å²) in [6.45, 7) is 0. The number of hydrogen-bond acceptors (Lipinski definition) is 2. The number of nitrogens with zero attached hydrogens (tertiary/aromatic N) is 1. The van der Waals surface area contributed by atoms with Gasteiger partial charge >= 0.3 is 0 Å². The molecule has 0 aliphatic heterocycles. The van der Waals surface area contributed by atoms with E-state index in [0.29, 0.717) is 12.8 Å². The van der Waals surface area contributed by atoms with Gasteiger partial charge in [-0.2, -0.15) is 0 Å². The number of rotatable bonds is 3. The Morgan fingerprint density at radius 2 is 1.68 bits per heavy atom. The van der Waals surface area contributed by atoms with Crippen LogP contribution in [-0.4, -0.2) is 30.3 Å². The number of Topliss-reactive ketones (excluding diaryl/α,β-unsaturated/α-hetero) is 1. The number of hydrogen-bond donors (Lipinski definition) is 0. The molecular formula is C14H16F3NO. The molecule has 0 bridgehead atoms. The molecule has 1 aliphatic carbocycles. The second-order valence-electron chi connectivity index (χ2n) is 5.19. The van der Waals surface area contributed by atoms with Gasteiger partial charge in [0.2, 0.25) is 0 Å². The van der Waals surface area contributed by atoms with Crippen molar-refractivity contribution in [2.24, 2.45) is 0 Å². The number of likely N-dealkylation sites (N-methyl/N-ethyl adjacent to an activating group) is 1. The van der Waals surface area contributed by atoms with E-state index >= 15 is 0 Å². The van der Waals surface area contributed by atoms with E-state index in [1.807, 2.05) is 0 Å². The highest BCUT2D eigenvalue weighted by molar-refractivity contribution is 6.03. The Hall–Kier alpha value is -1.36. The second kappa shape index (κ2) is 4.96. The standard InChI is InChI=1S/C14H16F3NO/c1-18(2)14(7-3-4-8-14)13(19)9-5-6-10(15)12(17)11(9)16/h5-6H,3-4,7-8H2,1-2H3. The van der Waals surface area contributed by atoms with Gasteiger partial charge in [0.15, 0.2) is 23.2 Å². The van der Waals surface area contributed by atoms with Crippen molar-refractivity contribution in [2.45, 2.75) is 31.2 Å². The third kappa shape index (κ3) is 2.16. The molecule has 0 heterocycles. The van der Waals surface area contributed by atoms with Gasteiger partial charge in [-0.1, -0.05) is 12.8 Å². The minimum Gasteiger partial charge on any atom is -0.297 e. The van der Waals surface area contributed by atoms with E-state index in [1.165, 1.54) is 0 Å². The van der Waals surface area contributed by atoms with Gasteiger partial charge in [-0.05, 0) is 39.1 Å². The summed E-state index contributed by atoms with van der Waals surface area (Å²) in [6.07, 6.45) is 2.96. The van der Waals surface area contributed by atoms with Crippen molar-refractivity contribution < 1.29 is 18.0 Å². The number of benzene rings is 1. The van der Waals surface area contributed by atoms with Crippen LogP contribution in [0.1, 0.15) is 36.0 Å². The maximum Gasteiger partial charge on any atom is 0.195 e. The molecule has 2 rings (SSSR count). The third-order valence-corrected chi connectivity index (χ3v) is 3.99. The second-order valence-corrected chi connectivity index (χ2v) is 5.19. The molecule has 0 N–H and O–H groups in total. The largest absolute Gasteiger partial charge is 0.297 e. The fourth-order valence-electron chi connectivity index (χ4n) is 2.79. The van der Waals surface area contributed by atoms with Gasteiger partial charge < -0.3 is 0 Å². The van der Waals surface area contributed by atoms with Crippen LogP contribution < -0.4 is 0 Å². The average molecular weight is 271 g/mol. The molecule has 0 aromatic heterocycles. The lowest BCUT2D eigenvalue weighted by atomic mass is 9.86. The van der Waals surface area contributed by atoms with E-state index in [-0.39, 0.29) is 5.56 Å². The molecule has 1 aromatic carbocycles. The fourth-order valence-corrected chi connectivity index (χ4v) is 2.79. The molecule has 1 fully saturated rings. The van der Waals surface area contributed by atoms with E-state index in [1.54, 1.807) is 19.0 Å². The van der Waals surface area contributed by atoms with Crippen LogP contribution in [-0.2, 0) is 0 Å². The zero-order valence-corrected chi connectivity index (χ0v) is 11.0.